The van der Waals surface area contributed by atoms with Crippen molar-refractivity contribution in [3.63, 3.8) is 0 Å². The second kappa shape index (κ2) is 10.5. The third-order valence-corrected chi connectivity index (χ3v) is 8.30. The average molecular weight is 552 g/mol. The number of carbonyl (C=O) groups excluding carboxylic acids is 1. The van der Waals surface area contributed by atoms with Gasteiger partial charge < -0.3 is 24.9 Å². The molecule has 5 unspecified atom stereocenters. The molecule has 2 fully saturated rings. The number of anilines is 2. The van der Waals surface area contributed by atoms with E-state index in [1.165, 1.54) is 11.3 Å². The molecule has 1 aliphatic heterocycles. The summed E-state index contributed by atoms with van der Waals surface area (Å²) in [4.78, 5) is 26.6. The van der Waals surface area contributed by atoms with E-state index >= 15 is 0 Å². The Kier molecular flexibility index (Phi) is 7.49. The van der Waals surface area contributed by atoms with E-state index in [4.69, 9.17) is 14.5 Å². The highest BCUT2D eigenvalue weighted by molar-refractivity contribution is 7.16. The van der Waals surface area contributed by atoms with E-state index in [0.717, 1.165) is 42.5 Å². The number of thiazole rings is 1. The fourth-order valence-electron chi connectivity index (χ4n) is 5.39. The number of unbranched alkanes of at least 4 members (excludes halogenated alkanes) is 1. The van der Waals surface area contributed by atoms with Crippen LogP contribution < -0.4 is 10.6 Å². The highest BCUT2D eigenvalue weighted by Gasteiger charge is 2.55. The second-order valence-corrected chi connectivity index (χ2v) is 11.3. The molecule has 0 bridgehead atoms. The van der Waals surface area contributed by atoms with E-state index < -0.39 is 30.7 Å². The number of nitrogens with one attached hydrogen (secondary N) is 2. The smallest absolute Gasteiger partial charge is 0.364 e. The molecule has 8 nitrogen and oxygen atoms in total. The van der Waals surface area contributed by atoms with Crippen molar-refractivity contribution >= 4 is 35.5 Å². The van der Waals surface area contributed by atoms with Gasteiger partial charge in [0, 0.05) is 12.3 Å². The Bertz CT molecular complexity index is 1220. The molecule has 5 atom stereocenters. The summed E-state index contributed by atoms with van der Waals surface area (Å²) in [6.07, 6.45) is 4.61. The first-order chi connectivity index (χ1) is 18.1. The van der Waals surface area contributed by atoms with Gasteiger partial charge in [-0.05, 0) is 45.6 Å². The van der Waals surface area contributed by atoms with Crippen molar-refractivity contribution < 1.29 is 27.4 Å². The molecule has 1 saturated carbocycles. The van der Waals surface area contributed by atoms with E-state index in [-0.39, 0.29) is 17.9 Å². The minimum atomic E-state index is -4.42. The summed E-state index contributed by atoms with van der Waals surface area (Å²) in [6.45, 7) is 4.47. The van der Waals surface area contributed by atoms with Crippen LogP contribution in [0.15, 0.2) is 6.08 Å². The second-order valence-electron chi connectivity index (χ2n) is 10.3. The number of halogens is 3. The maximum atomic E-state index is 12.9. The molecule has 3 aliphatic rings. The predicted molar refractivity (Wildman–Crippen MR) is 139 cm³/mol. The van der Waals surface area contributed by atoms with E-state index in [0.29, 0.717) is 34.9 Å². The maximum Gasteiger partial charge on any atom is 0.405 e. The highest BCUT2D eigenvalue weighted by Crippen LogP contribution is 2.45. The van der Waals surface area contributed by atoms with Crippen molar-refractivity contribution in [1.29, 1.82) is 0 Å². The zero-order valence-electron chi connectivity index (χ0n) is 21.6. The monoisotopic (exact) mass is 551 g/mol. The summed E-state index contributed by atoms with van der Waals surface area (Å²) < 4.78 is 51.4. The lowest BCUT2D eigenvalue weighted by molar-refractivity contribution is -0.176. The lowest BCUT2D eigenvalue weighted by atomic mass is 10.1. The van der Waals surface area contributed by atoms with Crippen LogP contribution in [0.5, 0.6) is 0 Å². The number of aryl methyl sites for hydroxylation is 2. The van der Waals surface area contributed by atoms with Crippen molar-refractivity contribution in [2.24, 2.45) is 5.92 Å². The number of hydrogen-bond acceptors (Lipinski definition) is 9. The van der Waals surface area contributed by atoms with Crippen LogP contribution >= 0.6 is 11.3 Å². The van der Waals surface area contributed by atoms with Gasteiger partial charge in [-0.3, -0.25) is 0 Å². The van der Waals surface area contributed by atoms with Gasteiger partial charge in [0.1, 0.15) is 29.8 Å². The Hall–Kier alpha value is -2.57. The number of hydrogen-bond donors (Lipinski definition) is 2. The Morgan fingerprint density at radius 2 is 2.03 bits per heavy atom. The Balaban J connectivity index is 1.49. The summed E-state index contributed by atoms with van der Waals surface area (Å²) >= 11 is 1.50. The lowest BCUT2D eigenvalue weighted by Crippen LogP contribution is -2.35. The Morgan fingerprint density at radius 1 is 1.24 bits per heavy atom. The molecule has 0 spiro atoms. The van der Waals surface area contributed by atoms with E-state index in [1.54, 1.807) is 6.92 Å². The number of aldehydes is 1. The first-order valence-electron chi connectivity index (χ1n) is 13.0. The number of ether oxygens (including phenoxy) is 2. The van der Waals surface area contributed by atoms with Crippen LogP contribution in [0.1, 0.15) is 62.2 Å². The van der Waals surface area contributed by atoms with E-state index in [1.807, 2.05) is 13.0 Å². The minimum Gasteiger partial charge on any atom is -0.364 e. The Labute approximate surface area is 223 Å². The van der Waals surface area contributed by atoms with Gasteiger partial charge in [-0.25, -0.2) is 9.97 Å². The van der Waals surface area contributed by atoms with Crippen molar-refractivity contribution in [3.05, 3.63) is 22.3 Å². The summed E-state index contributed by atoms with van der Waals surface area (Å²) in [7, 11) is 0. The molecule has 2 N–H and O–H groups in total. The summed E-state index contributed by atoms with van der Waals surface area (Å²) in [5, 5.41) is 6.40. The van der Waals surface area contributed by atoms with Crippen LogP contribution in [-0.4, -0.2) is 58.0 Å². The molecule has 2 aliphatic carbocycles. The number of aromatic nitrogens is 3. The van der Waals surface area contributed by atoms with Gasteiger partial charge in [0.15, 0.2) is 5.79 Å². The topological polar surface area (TPSA) is 98.3 Å². The molecule has 2 aromatic rings. The molecule has 5 rings (SSSR count). The third kappa shape index (κ3) is 5.57. The number of allylic oxidation sites excluding steroid dienone is 1. The predicted octanol–water partition coefficient (Wildman–Crippen LogP) is 5.53. The molecule has 38 heavy (non-hydrogen) atoms. The van der Waals surface area contributed by atoms with Gasteiger partial charge in [0.2, 0.25) is 5.95 Å². The van der Waals surface area contributed by atoms with Crippen molar-refractivity contribution in [2.75, 3.05) is 17.2 Å². The van der Waals surface area contributed by atoms with Gasteiger partial charge in [-0.1, -0.05) is 19.4 Å². The molecule has 12 heteroatoms. The average Bonchev–Trinajstić information content (AvgIpc) is 3.53. The molecule has 0 radical (unpaired) electrons. The number of alkyl halides is 3. The number of fused-ring (bicyclic) bond motifs is 2. The zero-order chi connectivity index (χ0) is 27.1. The largest absolute Gasteiger partial charge is 0.405 e. The fraction of sp³-hybridized carbons (Fsp3) is 0.615. The van der Waals surface area contributed by atoms with Gasteiger partial charge in [-0.2, -0.15) is 18.2 Å². The van der Waals surface area contributed by atoms with Gasteiger partial charge >= 0.3 is 6.18 Å². The zero-order valence-corrected chi connectivity index (χ0v) is 22.4. The quantitative estimate of drug-likeness (QED) is 0.393. The minimum absolute atomic E-state index is 0.134. The fourth-order valence-corrected chi connectivity index (χ4v) is 6.53. The van der Waals surface area contributed by atoms with Crippen molar-refractivity contribution in [3.8, 4) is 10.6 Å². The number of carbonyl (C=O) groups is 1. The summed E-state index contributed by atoms with van der Waals surface area (Å²) in [6, 6.07) is -0.336. The third-order valence-electron chi connectivity index (χ3n) is 7.22. The normalized spacial score (nSPS) is 28.3. The van der Waals surface area contributed by atoms with Crippen LogP contribution in [0.2, 0.25) is 0 Å². The van der Waals surface area contributed by atoms with Crippen LogP contribution in [0, 0.1) is 12.8 Å². The summed E-state index contributed by atoms with van der Waals surface area (Å²) in [5.41, 5.74) is 2.12. The first-order valence-corrected chi connectivity index (χ1v) is 13.8. The van der Waals surface area contributed by atoms with Gasteiger partial charge in [0.05, 0.1) is 34.0 Å². The van der Waals surface area contributed by atoms with Crippen LogP contribution in [0.4, 0.5) is 24.9 Å². The molecule has 0 aromatic carbocycles. The van der Waals surface area contributed by atoms with E-state index in [9.17, 15) is 18.0 Å². The van der Waals surface area contributed by atoms with Crippen molar-refractivity contribution in [1.82, 2.24) is 15.0 Å². The Morgan fingerprint density at radius 3 is 2.74 bits per heavy atom. The molecule has 1 saturated heterocycles. The molecule has 2 aromatic heterocycles. The molecular weight excluding hydrogens is 519 g/mol. The van der Waals surface area contributed by atoms with Crippen molar-refractivity contribution in [2.45, 2.75) is 89.5 Å². The highest BCUT2D eigenvalue weighted by atomic mass is 32.1. The van der Waals surface area contributed by atoms with Crippen LogP contribution in [0.25, 0.3) is 16.6 Å². The standard InChI is InChI=1S/C26H32F3N5O3S/c1-4-5-10-25(3)36-20-15(12-35)11-17(21(20)37-25)32-22-19(23-33-16-8-6-7-9-18(16)38-23)14(2)31-24(34-22)30-13-26(27,28)29/h7,9,12,15,17,20-21H,4-6,8,10-11,13H2,1-3H3,(H2,30,31,32,34). The molecule has 206 valence electrons. The number of nitrogens with zero attached hydrogens (tertiary/aromatic N) is 3. The molecule has 0 amide bonds. The summed E-state index contributed by atoms with van der Waals surface area (Å²) in [5.74, 6) is -0.937. The molecular formula is C26H32F3N5O3S. The molecule has 3 heterocycles. The number of rotatable bonds is 9. The SMILES string of the molecule is CCCCC1(C)OC2C(C=O)CC(Nc3nc(NCC(F)(F)F)nc(C)c3-c3nc4c(s3)C=CCC4)C2O1. The lowest BCUT2D eigenvalue weighted by Gasteiger charge is -2.27. The van der Waals surface area contributed by atoms with Crippen LogP contribution in [-0.2, 0) is 20.7 Å². The van der Waals surface area contributed by atoms with Gasteiger partial charge in [-0.15, -0.1) is 11.3 Å². The van der Waals surface area contributed by atoms with Gasteiger partial charge in [0.25, 0.3) is 0 Å². The van der Waals surface area contributed by atoms with E-state index in [2.05, 4.69) is 33.6 Å². The van der Waals surface area contributed by atoms with Crippen LogP contribution in [0.3, 0.4) is 0 Å². The maximum absolute atomic E-state index is 12.9. The first kappa shape index (κ1) is 27.0.